The molecule has 3 N–H and O–H groups in total. The Labute approximate surface area is 181 Å². The number of nitrogens with one attached hydrogen (secondary N) is 1. The van der Waals surface area contributed by atoms with Crippen molar-refractivity contribution >= 4 is 35.6 Å². The fourth-order valence-corrected chi connectivity index (χ4v) is 4.54. The average Bonchev–Trinajstić information content (AvgIpc) is 3.18. The van der Waals surface area contributed by atoms with Crippen LogP contribution in [0.5, 0.6) is 0 Å². The summed E-state index contributed by atoms with van der Waals surface area (Å²) in [6.45, 7) is 5.81. The first kappa shape index (κ1) is 26.2. The van der Waals surface area contributed by atoms with Crippen LogP contribution in [-0.2, 0) is 23.9 Å². The molecule has 1 rings (SSSR count). The minimum atomic E-state index is -1.04. The summed E-state index contributed by atoms with van der Waals surface area (Å²) in [5, 5.41) is 21.0. The van der Waals surface area contributed by atoms with Gasteiger partial charge < -0.3 is 19.8 Å². The third-order valence-electron chi connectivity index (χ3n) is 5.02. The van der Waals surface area contributed by atoms with Gasteiger partial charge in [0.15, 0.2) is 0 Å². The van der Waals surface area contributed by atoms with Crippen LogP contribution in [0.15, 0.2) is 0 Å². The molecule has 0 bridgehead atoms. The second-order valence-electron chi connectivity index (χ2n) is 7.38. The van der Waals surface area contributed by atoms with E-state index in [1.165, 1.54) is 4.90 Å². The van der Waals surface area contributed by atoms with Gasteiger partial charge in [-0.3, -0.25) is 19.7 Å². The number of rotatable bonds is 14. The highest BCUT2D eigenvalue weighted by molar-refractivity contribution is 8.00. The van der Waals surface area contributed by atoms with Crippen LogP contribution in [0, 0.1) is 0 Å². The molecular formula is C20H34N2O7S. The van der Waals surface area contributed by atoms with Gasteiger partial charge in [-0.15, -0.1) is 11.8 Å². The summed E-state index contributed by atoms with van der Waals surface area (Å²) >= 11 is 1.15. The molecule has 1 heterocycles. The second kappa shape index (κ2) is 13.5. The van der Waals surface area contributed by atoms with Gasteiger partial charge in [-0.1, -0.05) is 26.2 Å². The molecule has 1 saturated heterocycles. The third kappa shape index (κ3) is 8.14. The Morgan fingerprint density at radius 2 is 1.90 bits per heavy atom. The second-order valence-corrected chi connectivity index (χ2v) is 8.61. The van der Waals surface area contributed by atoms with Gasteiger partial charge in [0, 0.05) is 12.3 Å². The molecule has 0 aliphatic carbocycles. The summed E-state index contributed by atoms with van der Waals surface area (Å²) in [6.07, 6.45) is 4.24. The number of thioether (sulfide) groups is 1. The van der Waals surface area contributed by atoms with E-state index in [1.807, 2.05) is 6.92 Å². The molecule has 0 aromatic rings. The summed E-state index contributed by atoms with van der Waals surface area (Å²) in [4.78, 5) is 49.3. The molecule has 1 aliphatic heterocycles. The van der Waals surface area contributed by atoms with Crippen molar-refractivity contribution < 1.29 is 34.1 Å². The summed E-state index contributed by atoms with van der Waals surface area (Å²) in [5.74, 6) is -2.77. The third-order valence-corrected chi connectivity index (χ3v) is 6.39. The Hall–Kier alpha value is -1.81. The van der Waals surface area contributed by atoms with E-state index in [9.17, 15) is 29.4 Å². The Bertz CT molecular complexity index is 602. The molecule has 0 saturated carbocycles. The smallest absolute Gasteiger partial charge is 0.326 e. The van der Waals surface area contributed by atoms with Gasteiger partial charge in [0.05, 0.1) is 12.6 Å². The van der Waals surface area contributed by atoms with Crippen molar-refractivity contribution in [2.45, 2.75) is 82.7 Å². The summed E-state index contributed by atoms with van der Waals surface area (Å²) in [5.41, 5.74) is 0. The van der Waals surface area contributed by atoms with Gasteiger partial charge in [0.2, 0.25) is 5.91 Å². The Morgan fingerprint density at radius 1 is 1.20 bits per heavy atom. The number of carbonyl (C=O) groups excluding carboxylic acids is 2. The zero-order chi connectivity index (χ0) is 22.7. The molecule has 0 aromatic heterocycles. The van der Waals surface area contributed by atoms with Crippen LogP contribution in [0.3, 0.4) is 0 Å². The standard InChI is InChI=1S/C20H34N2O7S/c1-4-6-7-10-16(19(26)27)30-12-14(20(28)29-5-2)21-13(3)17(23)22-11-8-9-15(22)18(24)25/h13-16,21H,4-12H2,1-3H3,(H,24,25)(H,26,27)/t13-,14-,15+,16+/m0/s1. The highest BCUT2D eigenvalue weighted by Gasteiger charge is 2.37. The van der Waals surface area contributed by atoms with E-state index in [-0.39, 0.29) is 12.4 Å². The summed E-state index contributed by atoms with van der Waals surface area (Å²) < 4.78 is 5.08. The maximum Gasteiger partial charge on any atom is 0.326 e. The molecule has 1 amide bonds. The van der Waals surface area contributed by atoms with E-state index in [1.54, 1.807) is 13.8 Å². The minimum Gasteiger partial charge on any atom is -0.480 e. The van der Waals surface area contributed by atoms with Crippen molar-refractivity contribution in [2.75, 3.05) is 18.9 Å². The zero-order valence-electron chi connectivity index (χ0n) is 18.0. The van der Waals surface area contributed by atoms with Crippen LogP contribution >= 0.6 is 11.8 Å². The number of nitrogens with zero attached hydrogens (tertiary/aromatic N) is 1. The van der Waals surface area contributed by atoms with Crippen LogP contribution in [-0.4, -0.2) is 81.2 Å². The van der Waals surface area contributed by atoms with Crippen LogP contribution in [0.4, 0.5) is 0 Å². The fourth-order valence-electron chi connectivity index (χ4n) is 3.41. The zero-order valence-corrected chi connectivity index (χ0v) is 18.8. The molecule has 0 radical (unpaired) electrons. The number of ether oxygens (including phenoxy) is 1. The molecule has 172 valence electrons. The van der Waals surface area contributed by atoms with Crippen LogP contribution in [0.2, 0.25) is 0 Å². The minimum absolute atomic E-state index is 0.141. The van der Waals surface area contributed by atoms with E-state index in [0.717, 1.165) is 31.0 Å². The molecule has 1 aliphatic rings. The van der Waals surface area contributed by atoms with Crippen molar-refractivity contribution in [2.24, 2.45) is 0 Å². The van der Waals surface area contributed by atoms with Crippen molar-refractivity contribution in [3.05, 3.63) is 0 Å². The number of hydrogen-bond donors (Lipinski definition) is 3. The first-order valence-corrected chi connectivity index (χ1v) is 11.6. The largest absolute Gasteiger partial charge is 0.480 e. The Kier molecular flexibility index (Phi) is 11.8. The van der Waals surface area contributed by atoms with Crippen molar-refractivity contribution in [3.8, 4) is 0 Å². The summed E-state index contributed by atoms with van der Waals surface area (Å²) in [7, 11) is 0. The topological polar surface area (TPSA) is 133 Å². The molecular weight excluding hydrogens is 412 g/mol. The lowest BCUT2D eigenvalue weighted by atomic mass is 10.1. The molecule has 30 heavy (non-hydrogen) atoms. The van der Waals surface area contributed by atoms with Crippen molar-refractivity contribution in [1.82, 2.24) is 10.2 Å². The van der Waals surface area contributed by atoms with Gasteiger partial charge in [0.25, 0.3) is 0 Å². The number of unbranched alkanes of at least 4 members (excludes halogenated alkanes) is 2. The normalized spacial score (nSPS) is 19.2. The summed E-state index contributed by atoms with van der Waals surface area (Å²) in [6, 6.07) is -2.52. The number of hydrogen-bond acceptors (Lipinski definition) is 7. The predicted molar refractivity (Wildman–Crippen MR) is 113 cm³/mol. The van der Waals surface area contributed by atoms with Gasteiger partial charge >= 0.3 is 17.9 Å². The van der Waals surface area contributed by atoms with E-state index in [4.69, 9.17) is 4.74 Å². The average molecular weight is 447 g/mol. The van der Waals surface area contributed by atoms with E-state index >= 15 is 0 Å². The number of esters is 1. The molecule has 1 fully saturated rings. The van der Waals surface area contributed by atoms with E-state index in [0.29, 0.717) is 25.8 Å². The van der Waals surface area contributed by atoms with Gasteiger partial charge in [0.1, 0.15) is 17.3 Å². The molecule has 0 aromatic carbocycles. The molecule has 10 heteroatoms. The SMILES string of the molecule is CCCCC[C@@H](SC[C@H](N[C@@H](C)C(=O)N1CCC[C@@H]1C(=O)O)C(=O)OCC)C(=O)O. The molecule has 0 unspecified atom stereocenters. The van der Waals surface area contributed by atoms with E-state index < -0.39 is 47.2 Å². The number of likely N-dealkylation sites (tertiary alicyclic amines) is 1. The van der Waals surface area contributed by atoms with Crippen molar-refractivity contribution in [3.63, 3.8) is 0 Å². The number of carbonyl (C=O) groups is 4. The first-order valence-electron chi connectivity index (χ1n) is 10.5. The van der Waals surface area contributed by atoms with Crippen LogP contribution in [0.1, 0.15) is 59.3 Å². The monoisotopic (exact) mass is 446 g/mol. The Balaban J connectivity index is 2.77. The quantitative estimate of drug-likeness (QED) is 0.269. The number of carboxylic acid groups (broad SMARTS) is 2. The highest BCUT2D eigenvalue weighted by Crippen LogP contribution is 2.21. The van der Waals surface area contributed by atoms with Crippen LogP contribution in [0.25, 0.3) is 0 Å². The van der Waals surface area contributed by atoms with Gasteiger partial charge in [-0.2, -0.15) is 0 Å². The van der Waals surface area contributed by atoms with Gasteiger partial charge in [-0.25, -0.2) is 4.79 Å². The van der Waals surface area contributed by atoms with E-state index in [2.05, 4.69) is 5.32 Å². The lowest BCUT2D eigenvalue weighted by molar-refractivity contribution is -0.150. The highest BCUT2D eigenvalue weighted by atomic mass is 32.2. The van der Waals surface area contributed by atoms with Crippen LogP contribution < -0.4 is 5.32 Å². The maximum atomic E-state index is 12.7. The lowest BCUT2D eigenvalue weighted by Gasteiger charge is -2.28. The molecule has 4 atom stereocenters. The lowest BCUT2D eigenvalue weighted by Crippen LogP contribution is -2.54. The maximum absolute atomic E-state index is 12.7. The number of aliphatic carboxylic acids is 2. The fraction of sp³-hybridized carbons (Fsp3) is 0.800. The molecule has 9 nitrogen and oxygen atoms in total. The Morgan fingerprint density at radius 3 is 2.47 bits per heavy atom. The number of carboxylic acids is 2. The molecule has 0 spiro atoms. The first-order chi connectivity index (χ1) is 14.2. The predicted octanol–water partition coefficient (Wildman–Crippen LogP) is 1.74. The van der Waals surface area contributed by atoms with Crippen molar-refractivity contribution in [1.29, 1.82) is 0 Å². The van der Waals surface area contributed by atoms with Gasteiger partial charge in [-0.05, 0) is 33.1 Å². The number of amides is 1.